The number of nitrogens with zero attached hydrogens (tertiary/aromatic N) is 2. The molecular formula is C12H18N4O2S. The first kappa shape index (κ1) is 13.8. The van der Waals surface area contributed by atoms with Crippen LogP contribution in [0.5, 0.6) is 0 Å². The fourth-order valence-corrected chi connectivity index (χ4v) is 2.91. The number of rotatable bonds is 3. The van der Waals surface area contributed by atoms with Gasteiger partial charge in [0.1, 0.15) is 0 Å². The van der Waals surface area contributed by atoms with Crippen LogP contribution in [0.2, 0.25) is 0 Å². The highest BCUT2D eigenvalue weighted by Crippen LogP contribution is 2.23. The average Bonchev–Trinajstić information content (AvgIpc) is 2.74. The third kappa shape index (κ3) is 3.23. The molecule has 0 aliphatic carbocycles. The fourth-order valence-electron chi connectivity index (χ4n) is 2.35. The van der Waals surface area contributed by atoms with Crippen LogP contribution < -0.4 is 11.5 Å². The van der Waals surface area contributed by atoms with E-state index in [1.807, 2.05) is 6.92 Å². The number of nitrogens with two attached hydrogens (primary N) is 2. The van der Waals surface area contributed by atoms with Crippen molar-refractivity contribution in [1.82, 2.24) is 9.88 Å². The van der Waals surface area contributed by atoms with Gasteiger partial charge in [0, 0.05) is 18.0 Å². The van der Waals surface area contributed by atoms with Gasteiger partial charge in [-0.15, -0.1) is 11.3 Å². The zero-order valence-corrected chi connectivity index (χ0v) is 11.7. The van der Waals surface area contributed by atoms with E-state index in [1.165, 1.54) is 11.3 Å². The number of primary amides is 1. The lowest BCUT2D eigenvalue weighted by Gasteiger charge is -2.36. The maximum Gasteiger partial charge on any atom is 0.228 e. The molecule has 4 N–H and O–H groups in total. The van der Waals surface area contributed by atoms with Crippen LogP contribution in [0.15, 0.2) is 5.38 Å². The molecule has 2 rings (SSSR count). The van der Waals surface area contributed by atoms with Gasteiger partial charge in [0.15, 0.2) is 5.13 Å². The third-order valence-electron chi connectivity index (χ3n) is 3.51. The molecule has 0 aromatic carbocycles. The molecule has 1 saturated heterocycles. The van der Waals surface area contributed by atoms with Gasteiger partial charge in [-0.05, 0) is 19.8 Å². The number of carbonyl (C=O) groups is 2. The van der Waals surface area contributed by atoms with Crippen LogP contribution in [0.3, 0.4) is 0 Å². The highest BCUT2D eigenvalue weighted by atomic mass is 32.1. The molecule has 1 aliphatic rings. The van der Waals surface area contributed by atoms with Crippen molar-refractivity contribution < 1.29 is 9.59 Å². The van der Waals surface area contributed by atoms with Gasteiger partial charge in [-0.1, -0.05) is 0 Å². The second-order valence-electron chi connectivity index (χ2n) is 4.93. The molecule has 1 fully saturated rings. The van der Waals surface area contributed by atoms with Crippen LogP contribution in [0.1, 0.15) is 25.5 Å². The summed E-state index contributed by atoms with van der Waals surface area (Å²) in [5.41, 5.74) is 11.6. The monoisotopic (exact) mass is 282 g/mol. The number of piperidine rings is 1. The van der Waals surface area contributed by atoms with Gasteiger partial charge in [0.2, 0.25) is 11.8 Å². The molecule has 0 saturated carbocycles. The largest absolute Gasteiger partial charge is 0.375 e. The minimum atomic E-state index is -0.331. The Labute approximate surface area is 115 Å². The molecule has 1 aromatic heterocycles. The van der Waals surface area contributed by atoms with Crippen molar-refractivity contribution in [3.05, 3.63) is 11.1 Å². The molecule has 2 heterocycles. The number of aromatic nitrogens is 1. The Morgan fingerprint density at radius 3 is 2.84 bits per heavy atom. The number of hydrogen-bond donors (Lipinski definition) is 2. The summed E-state index contributed by atoms with van der Waals surface area (Å²) in [6.07, 6.45) is 1.78. The van der Waals surface area contributed by atoms with Crippen molar-refractivity contribution in [3.63, 3.8) is 0 Å². The lowest BCUT2D eigenvalue weighted by Crippen LogP contribution is -2.49. The maximum atomic E-state index is 12.3. The Hall–Kier alpha value is -1.63. The standard InChI is InChI=1S/C12H18N4O2S/c1-7-2-3-8(11(13)18)5-16(7)10(17)4-9-6-19-12(14)15-9/h6-8H,2-5H2,1H3,(H2,13,18)(H2,14,15). The third-order valence-corrected chi connectivity index (χ3v) is 4.23. The Morgan fingerprint density at radius 1 is 1.53 bits per heavy atom. The lowest BCUT2D eigenvalue weighted by atomic mass is 9.92. The van der Waals surface area contributed by atoms with Crippen LogP contribution in [0.25, 0.3) is 0 Å². The summed E-state index contributed by atoms with van der Waals surface area (Å²) in [4.78, 5) is 29.3. The van der Waals surface area contributed by atoms with Crippen molar-refractivity contribution in [2.45, 2.75) is 32.2 Å². The van der Waals surface area contributed by atoms with Gasteiger partial charge < -0.3 is 16.4 Å². The average molecular weight is 282 g/mol. The van der Waals surface area contributed by atoms with Crippen LogP contribution in [-0.2, 0) is 16.0 Å². The van der Waals surface area contributed by atoms with E-state index in [0.717, 1.165) is 12.8 Å². The minimum Gasteiger partial charge on any atom is -0.375 e. The molecule has 6 nitrogen and oxygen atoms in total. The fraction of sp³-hybridized carbons (Fsp3) is 0.583. The predicted molar refractivity (Wildman–Crippen MR) is 73.3 cm³/mol. The SMILES string of the molecule is CC1CCC(C(N)=O)CN1C(=O)Cc1csc(N)n1. The molecular weight excluding hydrogens is 264 g/mol. The highest BCUT2D eigenvalue weighted by Gasteiger charge is 2.31. The quantitative estimate of drug-likeness (QED) is 0.836. The maximum absolute atomic E-state index is 12.3. The normalized spacial score (nSPS) is 23.3. The molecule has 1 aliphatic heterocycles. The van der Waals surface area contributed by atoms with Crippen molar-refractivity contribution in [2.24, 2.45) is 11.7 Å². The lowest BCUT2D eigenvalue weighted by molar-refractivity contribution is -0.137. The summed E-state index contributed by atoms with van der Waals surface area (Å²) in [5, 5.41) is 2.25. The summed E-state index contributed by atoms with van der Waals surface area (Å²) in [6, 6.07) is 0.138. The van der Waals surface area contributed by atoms with Crippen LogP contribution in [0.4, 0.5) is 5.13 Å². The van der Waals surface area contributed by atoms with E-state index in [-0.39, 0.29) is 30.2 Å². The van der Waals surface area contributed by atoms with Crippen molar-refractivity contribution in [1.29, 1.82) is 0 Å². The number of nitrogen functional groups attached to an aromatic ring is 1. The number of likely N-dealkylation sites (tertiary alicyclic amines) is 1. The molecule has 2 unspecified atom stereocenters. The molecule has 0 bridgehead atoms. The Kier molecular flexibility index (Phi) is 4.04. The Morgan fingerprint density at radius 2 is 2.26 bits per heavy atom. The van der Waals surface area contributed by atoms with E-state index in [9.17, 15) is 9.59 Å². The molecule has 2 atom stereocenters. The van der Waals surface area contributed by atoms with Crippen molar-refractivity contribution in [3.8, 4) is 0 Å². The zero-order valence-electron chi connectivity index (χ0n) is 10.8. The van der Waals surface area contributed by atoms with Gasteiger partial charge in [-0.3, -0.25) is 9.59 Å². The van der Waals surface area contributed by atoms with Gasteiger partial charge in [-0.25, -0.2) is 4.98 Å². The topological polar surface area (TPSA) is 102 Å². The highest BCUT2D eigenvalue weighted by molar-refractivity contribution is 7.13. The predicted octanol–water partition coefficient (Wildman–Crippen LogP) is 0.380. The Bertz CT molecular complexity index is 488. The van der Waals surface area contributed by atoms with Gasteiger partial charge in [0.25, 0.3) is 0 Å². The first-order valence-electron chi connectivity index (χ1n) is 6.26. The van der Waals surface area contributed by atoms with Crippen LogP contribution in [0, 0.1) is 5.92 Å². The molecule has 104 valence electrons. The van der Waals surface area contributed by atoms with Gasteiger partial charge in [-0.2, -0.15) is 0 Å². The number of anilines is 1. The number of hydrogen-bond acceptors (Lipinski definition) is 5. The molecule has 1 aromatic rings. The number of thiazole rings is 1. The molecule has 7 heteroatoms. The summed E-state index contributed by atoms with van der Waals surface area (Å²) in [5.74, 6) is -0.591. The summed E-state index contributed by atoms with van der Waals surface area (Å²) in [6.45, 7) is 2.40. The van der Waals surface area contributed by atoms with Crippen LogP contribution in [-0.4, -0.2) is 34.3 Å². The van der Waals surface area contributed by atoms with E-state index in [1.54, 1.807) is 10.3 Å². The van der Waals surface area contributed by atoms with Crippen molar-refractivity contribution >= 4 is 28.3 Å². The van der Waals surface area contributed by atoms with Crippen LogP contribution >= 0.6 is 11.3 Å². The van der Waals surface area contributed by atoms with E-state index in [2.05, 4.69) is 4.98 Å². The Balaban J connectivity index is 2.02. The number of amides is 2. The van der Waals surface area contributed by atoms with Gasteiger partial charge in [0.05, 0.1) is 18.0 Å². The number of carbonyl (C=O) groups excluding carboxylic acids is 2. The second kappa shape index (κ2) is 5.56. The van der Waals surface area contributed by atoms with Gasteiger partial charge >= 0.3 is 0 Å². The second-order valence-corrected chi connectivity index (χ2v) is 5.82. The summed E-state index contributed by atoms with van der Waals surface area (Å²) >= 11 is 1.32. The smallest absolute Gasteiger partial charge is 0.228 e. The summed E-state index contributed by atoms with van der Waals surface area (Å²) < 4.78 is 0. The van der Waals surface area contributed by atoms with E-state index in [0.29, 0.717) is 17.4 Å². The zero-order chi connectivity index (χ0) is 14.0. The summed E-state index contributed by atoms with van der Waals surface area (Å²) in [7, 11) is 0. The molecule has 0 spiro atoms. The first-order chi connectivity index (χ1) is 8.97. The minimum absolute atomic E-state index is 0.0243. The van der Waals surface area contributed by atoms with E-state index < -0.39 is 0 Å². The molecule has 2 amide bonds. The van der Waals surface area contributed by atoms with E-state index in [4.69, 9.17) is 11.5 Å². The molecule has 19 heavy (non-hydrogen) atoms. The van der Waals surface area contributed by atoms with E-state index >= 15 is 0 Å². The van der Waals surface area contributed by atoms with Crippen molar-refractivity contribution in [2.75, 3.05) is 12.3 Å². The first-order valence-corrected chi connectivity index (χ1v) is 7.14. The molecule has 0 radical (unpaired) electrons.